The molecule has 2 aromatic carbocycles. The summed E-state index contributed by atoms with van der Waals surface area (Å²) in [5.41, 5.74) is 11.1. The number of carboxylic acids is 1. The maximum atomic E-state index is 13.1. The van der Waals surface area contributed by atoms with Gasteiger partial charge in [0.15, 0.2) is 10.1 Å². The molecule has 22 nitrogen and oxygen atoms in total. The number of carbonyl (C=O) groups excluding carboxylic acids is 3. The highest BCUT2D eigenvalue weighted by molar-refractivity contribution is 7.90. The first-order chi connectivity index (χ1) is 34.9. The summed E-state index contributed by atoms with van der Waals surface area (Å²) in [6.45, 7) is 4.61. The van der Waals surface area contributed by atoms with Crippen molar-refractivity contribution in [1.29, 1.82) is 0 Å². The van der Waals surface area contributed by atoms with Gasteiger partial charge in [0.1, 0.15) is 11.4 Å². The molecule has 4 aliphatic rings. The van der Waals surface area contributed by atoms with E-state index in [0.717, 1.165) is 136 Å². The van der Waals surface area contributed by atoms with Gasteiger partial charge in [-0.25, -0.2) is 19.0 Å². The smallest absolute Gasteiger partial charge is 0.354 e. The van der Waals surface area contributed by atoms with Crippen molar-refractivity contribution in [3.8, 4) is 0 Å². The second-order valence-electron chi connectivity index (χ2n) is 18.1. The number of hydrogen-bond donors (Lipinski definition) is 5. The summed E-state index contributed by atoms with van der Waals surface area (Å²) in [7, 11) is 0.717. The van der Waals surface area contributed by atoms with Crippen LogP contribution in [-0.2, 0) is 116 Å². The average molecular weight is 1060 g/mol. The molecule has 4 aliphatic carbocycles. The topological polar surface area (TPSA) is 281 Å². The number of rotatable bonds is 21. The van der Waals surface area contributed by atoms with Gasteiger partial charge in [-0.3, -0.25) is 19.0 Å². The molecule has 2 aromatic heterocycles. The van der Waals surface area contributed by atoms with Crippen LogP contribution in [0.2, 0.25) is 0 Å². The van der Waals surface area contributed by atoms with Crippen molar-refractivity contribution in [2.75, 3.05) is 86.4 Å². The molecule has 4 amide bonds. The molecule has 0 atom stereocenters. The summed E-state index contributed by atoms with van der Waals surface area (Å²) in [6, 6.07) is 5.72. The first kappa shape index (κ1) is 56.5. The highest BCUT2D eigenvalue weighted by Gasteiger charge is 2.31. The van der Waals surface area contributed by atoms with Crippen molar-refractivity contribution in [3.05, 3.63) is 85.7 Å². The number of anilines is 1. The van der Waals surface area contributed by atoms with Crippen LogP contribution in [0.1, 0.15) is 96.7 Å². The monoisotopic (exact) mass is 1060 g/mol. The van der Waals surface area contributed by atoms with Crippen LogP contribution in [0.4, 0.5) is 10.5 Å². The minimum absolute atomic E-state index is 0.0190. The van der Waals surface area contributed by atoms with Crippen molar-refractivity contribution >= 4 is 49.5 Å². The van der Waals surface area contributed by atoms with Crippen LogP contribution < -0.4 is 20.1 Å². The Morgan fingerprint density at radius 1 is 0.603 bits per heavy atom. The van der Waals surface area contributed by atoms with Crippen molar-refractivity contribution in [1.82, 2.24) is 39.2 Å². The number of urea groups is 1. The minimum Gasteiger partial charge on any atom is -0.477 e. The minimum atomic E-state index is -4.30. The molecule has 5 N–H and O–H groups in total. The third-order valence-corrected chi connectivity index (χ3v) is 15.7. The van der Waals surface area contributed by atoms with E-state index in [0.29, 0.717) is 26.3 Å². The maximum Gasteiger partial charge on any atom is 0.354 e. The van der Waals surface area contributed by atoms with Gasteiger partial charge in [0.25, 0.3) is 26.0 Å². The molecule has 4 aromatic rings. The largest absolute Gasteiger partial charge is 0.477 e. The maximum absolute atomic E-state index is 13.1. The van der Waals surface area contributed by atoms with Crippen LogP contribution in [0.5, 0.6) is 0 Å². The fourth-order valence-corrected chi connectivity index (χ4v) is 11.6. The first-order valence-electron chi connectivity index (χ1n) is 24.4. The van der Waals surface area contributed by atoms with E-state index in [-0.39, 0.29) is 22.8 Å². The van der Waals surface area contributed by atoms with Crippen molar-refractivity contribution < 1.29 is 60.1 Å². The number of hydrogen-bond acceptors (Lipinski definition) is 15. The molecule has 8 rings (SSSR count). The van der Waals surface area contributed by atoms with Gasteiger partial charge in [0, 0.05) is 86.5 Å². The van der Waals surface area contributed by atoms with Crippen LogP contribution in [0.3, 0.4) is 0 Å². The number of ether oxygens (including phenoxy) is 4. The molecular weight excluding hydrogens is 987 g/mol. The van der Waals surface area contributed by atoms with E-state index in [2.05, 4.69) is 37.7 Å². The lowest BCUT2D eigenvalue weighted by atomic mass is 9.92. The number of nitrogens with zero attached hydrogens (tertiary/aromatic N) is 5. The second kappa shape index (κ2) is 25.9. The number of fused-ring (bicyclic) bond motifs is 4. The molecule has 0 fully saturated rings. The molecule has 2 heterocycles. The van der Waals surface area contributed by atoms with E-state index in [1.807, 2.05) is 4.72 Å². The SMILES string of the molecule is COCCN(CCOC)C(=O)c1cc(S(=O)(=O)NC(=O)Cc2c3c(cc4c2CCC4)CCC3)nn1C.COCCNCCOC.Cn1nc(S(=O)(=O)NC(=O)Nc2c3c(cc4c2CCC4)CCC3)cc1C(=O)O. The molecule has 0 spiro atoms. The Balaban J connectivity index is 0.000000208. The number of carboxylic acid groups (broad SMARTS) is 1. The number of amides is 4. The number of aryl methyl sites for hydroxylation is 6. The molecule has 0 radical (unpaired) electrons. The van der Waals surface area contributed by atoms with E-state index in [1.54, 1.807) is 14.2 Å². The van der Waals surface area contributed by atoms with E-state index < -0.39 is 48.9 Å². The van der Waals surface area contributed by atoms with E-state index in [4.69, 9.17) is 24.1 Å². The number of aromatic nitrogens is 4. The predicted molar refractivity (Wildman–Crippen MR) is 269 cm³/mol. The van der Waals surface area contributed by atoms with Crippen LogP contribution in [0.25, 0.3) is 0 Å². The van der Waals surface area contributed by atoms with Crippen LogP contribution in [-0.4, -0.2) is 151 Å². The van der Waals surface area contributed by atoms with Crippen LogP contribution in [0, 0.1) is 0 Å². The number of benzene rings is 2. The van der Waals surface area contributed by atoms with Crippen molar-refractivity contribution in [3.63, 3.8) is 0 Å². The Hall–Kier alpha value is -5.76. The van der Waals surface area contributed by atoms with Crippen molar-refractivity contribution in [2.45, 2.75) is 93.5 Å². The van der Waals surface area contributed by atoms with Gasteiger partial charge in [-0.05, 0) is 127 Å². The Morgan fingerprint density at radius 2 is 1.03 bits per heavy atom. The number of sulfonamides is 2. The molecule has 0 bridgehead atoms. The lowest BCUT2D eigenvalue weighted by Crippen LogP contribution is -2.37. The molecular formula is C49H69N9O13S2. The molecule has 400 valence electrons. The number of nitrogens with one attached hydrogen (secondary N) is 4. The molecule has 73 heavy (non-hydrogen) atoms. The van der Waals surface area contributed by atoms with Crippen LogP contribution in [0.15, 0.2) is 34.3 Å². The molecule has 0 unspecified atom stereocenters. The lowest BCUT2D eigenvalue weighted by Gasteiger charge is -2.21. The molecule has 0 saturated heterocycles. The molecule has 0 saturated carbocycles. The predicted octanol–water partition coefficient (Wildman–Crippen LogP) is 2.66. The zero-order valence-electron chi connectivity index (χ0n) is 42.6. The quantitative estimate of drug-likeness (QED) is 0.0750. The number of aromatic carboxylic acids is 1. The third kappa shape index (κ3) is 14.3. The Labute approximate surface area is 426 Å². The van der Waals surface area contributed by atoms with Gasteiger partial charge in [-0.15, -0.1) is 0 Å². The summed E-state index contributed by atoms with van der Waals surface area (Å²) >= 11 is 0. The summed E-state index contributed by atoms with van der Waals surface area (Å²) in [5, 5.41) is 21.7. The van der Waals surface area contributed by atoms with E-state index in [1.165, 1.54) is 77.3 Å². The highest BCUT2D eigenvalue weighted by Crippen LogP contribution is 2.39. The molecule has 24 heteroatoms. The molecule has 0 aliphatic heterocycles. The first-order valence-corrected chi connectivity index (χ1v) is 27.4. The standard InChI is InChI=1S/C25H34N4O6S.C18H20N4O5S.C6H15NO2/c1-28-22(25(31)29(10-12-34-2)11-13-35-3)16-24(26-28)36(32,33)27-23(30)15-21-19-8-4-6-17(19)14-18-7-5-9-20(18)21;1-22-14(17(23)24)9-15(20-22)28(26,27)21-18(25)19-16-12-6-2-4-10(12)8-11-5-3-7-13(11)16;1-8-5-3-7-4-6-9-2/h14,16H,4-13,15H2,1-3H3,(H,27,30);8-9H,2-7H2,1H3,(H,23,24)(H2,19,21,25);7H,3-6H2,1-2H3. The van der Waals surface area contributed by atoms with Gasteiger partial charge in [0.2, 0.25) is 5.91 Å². The number of methoxy groups -OCH3 is 4. The van der Waals surface area contributed by atoms with Gasteiger partial charge in [-0.2, -0.15) is 27.0 Å². The zero-order chi connectivity index (χ0) is 52.9. The summed E-state index contributed by atoms with van der Waals surface area (Å²) < 4.78 is 77.0. The van der Waals surface area contributed by atoms with Gasteiger partial charge < -0.3 is 39.6 Å². The van der Waals surface area contributed by atoms with Gasteiger partial charge in [0.05, 0.1) is 32.8 Å². The zero-order valence-corrected chi connectivity index (χ0v) is 44.2. The van der Waals surface area contributed by atoms with Gasteiger partial charge in [-0.1, -0.05) is 12.1 Å². The Kier molecular flexibility index (Phi) is 20.1. The number of carbonyl (C=O) groups is 4. The fourth-order valence-electron chi connectivity index (χ4n) is 9.73. The second-order valence-corrected chi connectivity index (χ2v) is 21.4. The Bertz CT molecular complexity index is 2790. The summed E-state index contributed by atoms with van der Waals surface area (Å²) in [4.78, 5) is 51.1. The summed E-state index contributed by atoms with van der Waals surface area (Å²) in [5.74, 6) is -2.30. The van der Waals surface area contributed by atoms with E-state index >= 15 is 0 Å². The van der Waals surface area contributed by atoms with Crippen LogP contribution >= 0.6 is 0 Å². The Morgan fingerprint density at radius 3 is 1.48 bits per heavy atom. The fraction of sp³-hybridized carbons (Fsp3) is 0.551. The van der Waals surface area contributed by atoms with E-state index in [9.17, 15) is 36.0 Å². The summed E-state index contributed by atoms with van der Waals surface area (Å²) in [6.07, 6.45) is 11.6. The normalized spacial score (nSPS) is 14.2. The lowest BCUT2D eigenvalue weighted by molar-refractivity contribution is -0.118. The highest BCUT2D eigenvalue weighted by atomic mass is 32.2. The van der Waals surface area contributed by atoms with Crippen molar-refractivity contribution in [2.24, 2.45) is 14.1 Å². The third-order valence-electron chi connectivity index (χ3n) is 13.2. The average Bonchev–Trinajstić information content (AvgIpc) is 4.21. The van der Waals surface area contributed by atoms with Gasteiger partial charge >= 0.3 is 12.0 Å².